The smallest absolute Gasteiger partial charge is 0.244 e. The normalized spacial score (nSPS) is 16.1. The molecule has 0 atom stereocenters. The number of aliphatic hydroxyl groups is 1. The molecule has 286 valence electrons. The summed E-state index contributed by atoms with van der Waals surface area (Å²) in [6.45, 7) is 12.4. The molecular weight excluding hydrogens is 683 g/mol. The highest BCUT2D eigenvalue weighted by atomic mass is 16.3. The van der Waals surface area contributed by atoms with Crippen molar-refractivity contribution in [3.8, 4) is 0 Å². The van der Waals surface area contributed by atoms with Crippen LogP contribution in [0, 0.1) is 20.8 Å². The summed E-state index contributed by atoms with van der Waals surface area (Å²) >= 11 is 0. The highest BCUT2D eigenvalue weighted by Crippen LogP contribution is 2.28. The molecule has 6 aromatic heterocycles. The van der Waals surface area contributed by atoms with Crippen LogP contribution in [0.4, 0.5) is 17.6 Å². The standard InChI is InChI=1S/C21H30N8.C17H23N7O/c1-15-16(2)29-20(22-15)18(27-10-4-5-11-27)14-17(24-29)8-9-19-23-21(25-26(19)3)28-12-6-7-13-28;1-12-14(11-25)24-16(18-12)8-6-13(20-24)5-7-15-19-17(21-22(15)2)23-9-3-4-10-23/h14H,4-13H2,1-3H3;6,8,25H,3-5,7,9-11H2,1-2H3. The summed E-state index contributed by atoms with van der Waals surface area (Å²) < 4.78 is 7.56. The van der Waals surface area contributed by atoms with Crippen LogP contribution in [0.15, 0.2) is 18.2 Å². The maximum absolute atomic E-state index is 9.52. The van der Waals surface area contributed by atoms with Gasteiger partial charge in [0.25, 0.3) is 0 Å². The van der Waals surface area contributed by atoms with Gasteiger partial charge in [0.05, 0.1) is 46.5 Å². The monoisotopic (exact) mass is 735 g/mol. The zero-order valence-electron chi connectivity index (χ0n) is 32.4. The van der Waals surface area contributed by atoms with Gasteiger partial charge in [-0.3, -0.25) is 9.36 Å². The average Bonchev–Trinajstić information content (AvgIpc) is 4.02. The number of hydrogen-bond donors (Lipinski definition) is 1. The summed E-state index contributed by atoms with van der Waals surface area (Å²) in [5.74, 6) is 3.71. The van der Waals surface area contributed by atoms with E-state index in [1.54, 1.807) is 4.52 Å². The number of aliphatic hydroxyl groups excluding tert-OH is 1. The molecule has 3 saturated heterocycles. The number of aromatic nitrogens is 12. The Morgan fingerprint density at radius 2 is 1.11 bits per heavy atom. The molecule has 0 spiro atoms. The minimum atomic E-state index is -0.0636. The second-order valence-electron chi connectivity index (χ2n) is 14.9. The van der Waals surface area contributed by atoms with Gasteiger partial charge in [-0.15, -0.1) is 10.2 Å². The van der Waals surface area contributed by atoms with Crippen LogP contribution in [0.3, 0.4) is 0 Å². The fraction of sp³-hybridized carbons (Fsp3) is 0.579. The quantitative estimate of drug-likeness (QED) is 0.219. The molecule has 1 N–H and O–H groups in total. The molecule has 3 aliphatic rings. The van der Waals surface area contributed by atoms with E-state index in [2.05, 4.69) is 54.9 Å². The number of nitrogens with zero attached hydrogens (tertiary/aromatic N) is 15. The fourth-order valence-corrected chi connectivity index (χ4v) is 7.84. The molecule has 9 rings (SSSR count). The van der Waals surface area contributed by atoms with Crippen LogP contribution >= 0.6 is 0 Å². The molecule has 3 aliphatic heterocycles. The summed E-state index contributed by atoms with van der Waals surface area (Å²) in [7, 11) is 3.94. The first-order valence-corrected chi connectivity index (χ1v) is 19.6. The van der Waals surface area contributed by atoms with Gasteiger partial charge in [0.1, 0.15) is 11.6 Å². The Kier molecular flexibility index (Phi) is 10.2. The molecular formula is C38H53N15O. The van der Waals surface area contributed by atoms with Crippen LogP contribution in [0.2, 0.25) is 0 Å². The summed E-state index contributed by atoms with van der Waals surface area (Å²) in [6.07, 6.45) is 10.6. The van der Waals surface area contributed by atoms with E-state index in [-0.39, 0.29) is 6.61 Å². The Morgan fingerprint density at radius 1 is 0.574 bits per heavy atom. The van der Waals surface area contributed by atoms with Crippen molar-refractivity contribution >= 4 is 28.9 Å². The van der Waals surface area contributed by atoms with Gasteiger partial charge in [-0.25, -0.2) is 19.0 Å². The van der Waals surface area contributed by atoms with Crippen LogP contribution < -0.4 is 14.7 Å². The van der Waals surface area contributed by atoms with Crippen LogP contribution in [0.1, 0.15) is 84.3 Å². The lowest BCUT2D eigenvalue weighted by Crippen LogP contribution is -2.20. The first-order valence-electron chi connectivity index (χ1n) is 19.6. The van der Waals surface area contributed by atoms with E-state index in [0.717, 1.165) is 134 Å². The van der Waals surface area contributed by atoms with Crippen molar-refractivity contribution in [3.63, 3.8) is 0 Å². The molecule has 3 fully saturated rings. The van der Waals surface area contributed by atoms with Gasteiger partial charge in [0.2, 0.25) is 11.9 Å². The predicted octanol–water partition coefficient (Wildman–Crippen LogP) is 3.50. The van der Waals surface area contributed by atoms with Crippen LogP contribution in [0.5, 0.6) is 0 Å². The third-order valence-corrected chi connectivity index (χ3v) is 11.2. The van der Waals surface area contributed by atoms with Crippen LogP contribution in [-0.4, -0.2) is 103 Å². The third-order valence-electron chi connectivity index (χ3n) is 11.2. The number of hydrogen-bond acceptors (Lipinski definition) is 12. The third kappa shape index (κ3) is 7.22. The molecule has 9 heterocycles. The second-order valence-corrected chi connectivity index (χ2v) is 14.9. The van der Waals surface area contributed by atoms with Crippen molar-refractivity contribution in [1.29, 1.82) is 0 Å². The van der Waals surface area contributed by atoms with E-state index in [1.165, 1.54) is 44.2 Å². The van der Waals surface area contributed by atoms with Crippen molar-refractivity contribution in [2.75, 3.05) is 54.0 Å². The van der Waals surface area contributed by atoms with Crippen LogP contribution in [0.25, 0.3) is 11.3 Å². The van der Waals surface area contributed by atoms with E-state index in [4.69, 9.17) is 20.1 Å². The molecule has 0 unspecified atom stereocenters. The molecule has 0 bridgehead atoms. The van der Waals surface area contributed by atoms with E-state index in [0.29, 0.717) is 0 Å². The molecule has 6 aromatic rings. The zero-order chi connectivity index (χ0) is 37.3. The lowest BCUT2D eigenvalue weighted by molar-refractivity contribution is 0.273. The highest BCUT2D eigenvalue weighted by molar-refractivity contribution is 5.70. The molecule has 16 nitrogen and oxygen atoms in total. The van der Waals surface area contributed by atoms with Gasteiger partial charge < -0.3 is 19.8 Å². The molecule has 0 amide bonds. The maximum Gasteiger partial charge on any atom is 0.244 e. The SMILES string of the molecule is Cc1nc2c(N3CCCC3)cc(CCc3nc(N4CCCC4)nn3C)nn2c1C.Cc1nc2ccc(CCc3nc(N4CCCC4)nn3C)nn2c1CO. The largest absolute Gasteiger partial charge is 0.390 e. The van der Waals surface area contributed by atoms with E-state index in [1.807, 2.05) is 47.0 Å². The maximum atomic E-state index is 9.52. The van der Waals surface area contributed by atoms with Crippen molar-refractivity contribution < 1.29 is 5.11 Å². The lowest BCUT2D eigenvalue weighted by atomic mass is 10.2. The number of aryl methyl sites for hydroxylation is 9. The van der Waals surface area contributed by atoms with Gasteiger partial charge in [-0.05, 0) is 90.3 Å². The first kappa shape index (κ1) is 35.9. The molecule has 0 aromatic carbocycles. The van der Waals surface area contributed by atoms with Gasteiger partial charge in [-0.2, -0.15) is 20.2 Å². The summed E-state index contributed by atoms with van der Waals surface area (Å²) in [4.78, 5) is 25.7. The summed E-state index contributed by atoms with van der Waals surface area (Å²) in [5, 5.41) is 28.2. The Hall–Kier alpha value is -5.12. The molecule has 54 heavy (non-hydrogen) atoms. The Balaban J connectivity index is 0.000000155. The molecule has 0 aliphatic carbocycles. The summed E-state index contributed by atoms with van der Waals surface area (Å²) in [5.41, 5.74) is 8.75. The van der Waals surface area contributed by atoms with Crippen molar-refractivity contribution in [1.82, 2.24) is 58.7 Å². The Labute approximate surface area is 315 Å². The Bertz CT molecular complexity index is 2230. The molecule has 0 radical (unpaired) electrons. The number of anilines is 3. The van der Waals surface area contributed by atoms with E-state index < -0.39 is 0 Å². The minimum Gasteiger partial charge on any atom is -0.390 e. The highest BCUT2D eigenvalue weighted by Gasteiger charge is 2.22. The minimum absolute atomic E-state index is 0.0636. The second kappa shape index (κ2) is 15.3. The topological polar surface area (TPSA) is 152 Å². The van der Waals surface area contributed by atoms with E-state index in [9.17, 15) is 5.11 Å². The van der Waals surface area contributed by atoms with Crippen LogP contribution in [-0.2, 0) is 46.4 Å². The van der Waals surface area contributed by atoms with Gasteiger partial charge in [-0.1, -0.05) is 0 Å². The fourth-order valence-electron chi connectivity index (χ4n) is 7.84. The Morgan fingerprint density at radius 3 is 1.69 bits per heavy atom. The molecule has 16 heteroatoms. The van der Waals surface area contributed by atoms with Crippen molar-refractivity contribution in [2.24, 2.45) is 14.1 Å². The van der Waals surface area contributed by atoms with Crippen molar-refractivity contribution in [2.45, 2.75) is 91.6 Å². The number of rotatable bonds is 10. The van der Waals surface area contributed by atoms with Crippen molar-refractivity contribution in [3.05, 3.63) is 64.0 Å². The van der Waals surface area contributed by atoms with Gasteiger partial charge >= 0.3 is 0 Å². The van der Waals surface area contributed by atoms with Gasteiger partial charge in [0, 0.05) is 66.2 Å². The first-order chi connectivity index (χ1) is 26.2. The lowest BCUT2D eigenvalue weighted by Gasteiger charge is -2.19. The number of imidazole rings is 2. The predicted molar refractivity (Wildman–Crippen MR) is 207 cm³/mol. The zero-order valence-corrected chi connectivity index (χ0v) is 32.4. The van der Waals surface area contributed by atoms with E-state index >= 15 is 0 Å². The average molecular weight is 736 g/mol. The summed E-state index contributed by atoms with van der Waals surface area (Å²) in [6, 6.07) is 6.17. The molecule has 0 saturated carbocycles. The number of fused-ring (bicyclic) bond motifs is 2. The van der Waals surface area contributed by atoms with Gasteiger partial charge in [0.15, 0.2) is 11.3 Å².